The lowest BCUT2D eigenvalue weighted by Gasteiger charge is -2.17. The van der Waals surface area contributed by atoms with Gasteiger partial charge in [-0.15, -0.1) is 11.3 Å². The zero-order valence-corrected chi connectivity index (χ0v) is 11.7. The molecule has 0 fully saturated rings. The van der Waals surface area contributed by atoms with Crippen molar-refractivity contribution in [2.24, 2.45) is 0 Å². The third-order valence-electron chi connectivity index (χ3n) is 3.34. The number of hydrogen-bond donors (Lipinski definition) is 0. The molecule has 0 aromatic carbocycles. The van der Waals surface area contributed by atoms with Crippen LogP contribution < -0.4 is 4.90 Å². The second-order valence-electron chi connectivity index (χ2n) is 4.64. The molecule has 1 aliphatic carbocycles. The maximum atomic E-state index is 11.8. The molecule has 4 nitrogen and oxygen atoms in total. The predicted molar refractivity (Wildman–Crippen MR) is 74.8 cm³/mol. The van der Waals surface area contributed by atoms with Gasteiger partial charge in [-0.05, 0) is 31.9 Å². The van der Waals surface area contributed by atoms with E-state index in [9.17, 15) is 4.79 Å². The SMILES string of the molecule is CCN(Cc1ccco1)c1nc2c(s1)CCCC2=O. The predicted octanol–water partition coefficient (Wildman–Crippen LogP) is 3.28. The maximum absolute atomic E-state index is 11.8. The van der Waals surface area contributed by atoms with Gasteiger partial charge in [-0.2, -0.15) is 0 Å². The number of aromatic nitrogens is 1. The van der Waals surface area contributed by atoms with E-state index in [1.165, 1.54) is 0 Å². The van der Waals surface area contributed by atoms with Crippen molar-refractivity contribution in [3.05, 3.63) is 34.7 Å². The van der Waals surface area contributed by atoms with E-state index in [0.29, 0.717) is 18.7 Å². The Balaban J connectivity index is 1.85. The average molecular weight is 276 g/mol. The lowest BCUT2D eigenvalue weighted by Crippen LogP contribution is -2.21. The monoisotopic (exact) mass is 276 g/mol. The second kappa shape index (κ2) is 5.17. The summed E-state index contributed by atoms with van der Waals surface area (Å²) in [4.78, 5) is 19.7. The number of rotatable bonds is 4. The molecule has 5 heteroatoms. The standard InChI is InChI=1S/C14H16N2O2S/c1-2-16(9-10-5-4-8-18-10)14-15-13-11(17)6-3-7-12(13)19-14/h4-5,8H,2-3,6-7,9H2,1H3. The molecular weight excluding hydrogens is 260 g/mol. The van der Waals surface area contributed by atoms with E-state index in [4.69, 9.17) is 4.42 Å². The molecule has 0 N–H and O–H groups in total. The first-order valence-corrected chi connectivity index (χ1v) is 7.40. The van der Waals surface area contributed by atoms with Crippen molar-refractivity contribution in [2.45, 2.75) is 32.7 Å². The van der Waals surface area contributed by atoms with Gasteiger partial charge in [0.1, 0.15) is 11.5 Å². The van der Waals surface area contributed by atoms with Crippen LogP contribution in [0.4, 0.5) is 5.13 Å². The van der Waals surface area contributed by atoms with Gasteiger partial charge in [0, 0.05) is 17.8 Å². The van der Waals surface area contributed by atoms with E-state index in [-0.39, 0.29) is 5.78 Å². The quantitative estimate of drug-likeness (QED) is 0.859. The molecule has 0 spiro atoms. The van der Waals surface area contributed by atoms with Crippen LogP contribution in [-0.4, -0.2) is 17.3 Å². The molecule has 0 unspecified atom stereocenters. The first kappa shape index (κ1) is 12.4. The highest BCUT2D eigenvalue weighted by atomic mass is 32.1. The Morgan fingerprint density at radius 1 is 1.47 bits per heavy atom. The number of hydrogen-bond acceptors (Lipinski definition) is 5. The lowest BCUT2D eigenvalue weighted by atomic mass is 10.0. The molecule has 0 aliphatic heterocycles. The zero-order chi connectivity index (χ0) is 13.2. The Hall–Kier alpha value is -1.62. The van der Waals surface area contributed by atoms with Gasteiger partial charge in [0.25, 0.3) is 0 Å². The number of aryl methyl sites for hydroxylation is 1. The smallest absolute Gasteiger partial charge is 0.186 e. The Labute approximate surface area is 116 Å². The van der Waals surface area contributed by atoms with Crippen LogP contribution in [0.15, 0.2) is 22.8 Å². The van der Waals surface area contributed by atoms with Crippen molar-refractivity contribution in [1.82, 2.24) is 4.98 Å². The van der Waals surface area contributed by atoms with Gasteiger partial charge in [0.2, 0.25) is 0 Å². The molecular formula is C14H16N2O2S. The summed E-state index contributed by atoms with van der Waals surface area (Å²) in [6.07, 6.45) is 4.26. The number of fused-ring (bicyclic) bond motifs is 1. The van der Waals surface area contributed by atoms with Crippen molar-refractivity contribution in [1.29, 1.82) is 0 Å². The molecule has 3 rings (SSSR count). The van der Waals surface area contributed by atoms with E-state index in [1.807, 2.05) is 12.1 Å². The number of anilines is 1. The van der Waals surface area contributed by atoms with Gasteiger partial charge in [-0.25, -0.2) is 4.98 Å². The fourth-order valence-electron chi connectivity index (χ4n) is 2.30. The number of nitrogens with zero attached hydrogens (tertiary/aromatic N) is 2. The summed E-state index contributed by atoms with van der Waals surface area (Å²) < 4.78 is 5.38. The van der Waals surface area contributed by atoms with Gasteiger partial charge >= 0.3 is 0 Å². The molecule has 0 saturated carbocycles. The highest BCUT2D eigenvalue weighted by Crippen LogP contribution is 2.32. The summed E-state index contributed by atoms with van der Waals surface area (Å²) in [7, 11) is 0. The van der Waals surface area contributed by atoms with Crippen molar-refractivity contribution in [2.75, 3.05) is 11.4 Å². The molecule has 0 bridgehead atoms. The maximum Gasteiger partial charge on any atom is 0.186 e. The Morgan fingerprint density at radius 3 is 3.05 bits per heavy atom. The van der Waals surface area contributed by atoms with Crippen LogP contribution >= 0.6 is 11.3 Å². The number of ketones is 1. The summed E-state index contributed by atoms with van der Waals surface area (Å²) in [6.45, 7) is 3.64. The zero-order valence-electron chi connectivity index (χ0n) is 10.9. The average Bonchev–Trinajstić information content (AvgIpc) is 3.05. The molecule has 2 heterocycles. The van der Waals surface area contributed by atoms with Crippen LogP contribution in [0.2, 0.25) is 0 Å². The van der Waals surface area contributed by atoms with Crippen LogP contribution in [-0.2, 0) is 13.0 Å². The number of carbonyl (C=O) groups is 1. The topological polar surface area (TPSA) is 46.3 Å². The molecule has 0 saturated heterocycles. The first-order valence-electron chi connectivity index (χ1n) is 6.58. The summed E-state index contributed by atoms with van der Waals surface area (Å²) in [6, 6.07) is 3.85. The van der Waals surface area contributed by atoms with E-state index in [1.54, 1.807) is 17.6 Å². The van der Waals surface area contributed by atoms with Gasteiger partial charge in [0.05, 0.1) is 12.8 Å². The van der Waals surface area contributed by atoms with Gasteiger partial charge in [-0.3, -0.25) is 4.79 Å². The number of carbonyl (C=O) groups excluding carboxylic acids is 1. The first-order chi connectivity index (χ1) is 9.28. The van der Waals surface area contributed by atoms with Crippen LogP contribution in [0.1, 0.15) is 40.9 Å². The minimum atomic E-state index is 0.192. The van der Waals surface area contributed by atoms with Crippen molar-refractivity contribution in [3.8, 4) is 0 Å². The van der Waals surface area contributed by atoms with E-state index in [0.717, 1.165) is 35.2 Å². The van der Waals surface area contributed by atoms with E-state index in [2.05, 4.69) is 16.8 Å². The molecule has 0 atom stereocenters. The minimum Gasteiger partial charge on any atom is -0.467 e. The molecule has 1 aliphatic rings. The van der Waals surface area contributed by atoms with Crippen molar-refractivity contribution >= 4 is 22.3 Å². The fourth-order valence-corrected chi connectivity index (χ4v) is 3.48. The molecule has 0 amide bonds. The molecule has 2 aromatic rings. The largest absolute Gasteiger partial charge is 0.467 e. The highest BCUT2D eigenvalue weighted by Gasteiger charge is 2.24. The van der Waals surface area contributed by atoms with Crippen LogP contribution in [0, 0.1) is 0 Å². The Morgan fingerprint density at radius 2 is 2.37 bits per heavy atom. The van der Waals surface area contributed by atoms with E-state index < -0.39 is 0 Å². The number of thiazole rings is 1. The van der Waals surface area contributed by atoms with Gasteiger partial charge in [-0.1, -0.05) is 0 Å². The third kappa shape index (κ3) is 2.42. The van der Waals surface area contributed by atoms with Crippen LogP contribution in [0.3, 0.4) is 0 Å². The number of Topliss-reactive ketones (excluding diaryl/α,β-unsaturated/α-hetero) is 1. The van der Waals surface area contributed by atoms with Gasteiger partial charge in [0.15, 0.2) is 10.9 Å². The third-order valence-corrected chi connectivity index (χ3v) is 4.51. The Kier molecular flexibility index (Phi) is 3.38. The van der Waals surface area contributed by atoms with Crippen LogP contribution in [0.25, 0.3) is 0 Å². The summed E-state index contributed by atoms with van der Waals surface area (Å²) in [5.74, 6) is 1.11. The fraction of sp³-hybridized carbons (Fsp3) is 0.429. The van der Waals surface area contributed by atoms with Crippen molar-refractivity contribution < 1.29 is 9.21 Å². The summed E-state index contributed by atoms with van der Waals surface area (Å²) >= 11 is 1.65. The van der Waals surface area contributed by atoms with Gasteiger partial charge < -0.3 is 9.32 Å². The minimum absolute atomic E-state index is 0.192. The summed E-state index contributed by atoms with van der Waals surface area (Å²) in [5.41, 5.74) is 0.698. The Bertz CT molecular complexity index is 574. The molecule has 100 valence electrons. The highest BCUT2D eigenvalue weighted by molar-refractivity contribution is 7.16. The molecule has 2 aromatic heterocycles. The van der Waals surface area contributed by atoms with Crippen molar-refractivity contribution in [3.63, 3.8) is 0 Å². The van der Waals surface area contributed by atoms with Crippen LogP contribution in [0.5, 0.6) is 0 Å². The van der Waals surface area contributed by atoms with E-state index >= 15 is 0 Å². The molecule has 0 radical (unpaired) electrons. The number of furan rings is 1. The summed E-state index contributed by atoms with van der Waals surface area (Å²) in [5, 5.41) is 0.930. The normalized spacial score (nSPS) is 14.5. The lowest BCUT2D eigenvalue weighted by molar-refractivity contribution is 0.0968. The second-order valence-corrected chi connectivity index (χ2v) is 5.70. The molecule has 19 heavy (non-hydrogen) atoms.